The van der Waals surface area contributed by atoms with Crippen molar-refractivity contribution >= 4 is 67.8 Å². The topological polar surface area (TPSA) is 6.48 Å². The first-order valence-corrected chi connectivity index (χ1v) is 14.9. The van der Waals surface area contributed by atoms with Gasteiger partial charge in [-0.1, -0.05) is 135 Å². The molecule has 0 aliphatic heterocycles. The molecule has 0 saturated carbocycles. The monoisotopic (exact) mass is 564 g/mol. The Kier molecular flexibility index (Phi) is 7.24. The number of rotatable bonds is 8. The zero-order valence-corrected chi connectivity index (χ0v) is 24.5. The van der Waals surface area contributed by atoms with Crippen LogP contribution in [0.15, 0.2) is 171 Å². The molecule has 2 heteroatoms. The van der Waals surface area contributed by atoms with Crippen LogP contribution >= 0.6 is 0 Å². The Hall–Kier alpha value is -5.86. The van der Waals surface area contributed by atoms with Gasteiger partial charge >= 0.3 is 0 Å². The maximum absolute atomic E-state index is 3.97. The van der Waals surface area contributed by atoms with Crippen molar-refractivity contribution in [1.29, 1.82) is 0 Å². The predicted molar refractivity (Wildman–Crippen MR) is 191 cm³/mol. The van der Waals surface area contributed by atoms with Gasteiger partial charge in [-0.15, -0.1) is 0 Å². The number of anilines is 6. The fourth-order valence-corrected chi connectivity index (χ4v) is 6.05. The van der Waals surface area contributed by atoms with E-state index >= 15 is 0 Å². The van der Waals surface area contributed by atoms with Crippen LogP contribution in [0.25, 0.3) is 33.7 Å². The summed E-state index contributed by atoms with van der Waals surface area (Å²) < 4.78 is 0. The van der Waals surface area contributed by atoms with E-state index in [9.17, 15) is 0 Å². The lowest BCUT2D eigenvalue weighted by atomic mass is 9.95. The SMILES string of the molecule is C=Cc1ccc(N(c2ccccc2)c2c3ccccc3c(N(c3ccccc3)c3ccc(C=C)cc3)c3ccccc23)cc1. The molecule has 0 spiro atoms. The lowest BCUT2D eigenvalue weighted by Crippen LogP contribution is -2.14. The summed E-state index contributed by atoms with van der Waals surface area (Å²) in [4.78, 5) is 4.76. The summed E-state index contributed by atoms with van der Waals surface area (Å²) in [5, 5.41) is 4.67. The normalized spacial score (nSPS) is 10.9. The van der Waals surface area contributed by atoms with Gasteiger partial charge in [0.1, 0.15) is 0 Å². The molecule has 0 heterocycles. The molecule has 0 amide bonds. The summed E-state index contributed by atoms with van der Waals surface area (Å²) in [6.45, 7) is 7.93. The second-order valence-electron chi connectivity index (χ2n) is 10.7. The fraction of sp³-hybridized carbons (Fsp3) is 0. The molecule has 7 rings (SSSR count). The average molecular weight is 565 g/mol. The molecule has 210 valence electrons. The molecule has 0 aromatic heterocycles. The third-order valence-electron chi connectivity index (χ3n) is 8.12. The van der Waals surface area contributed by atoms with Crippen molar-refractivity contribution in [3.8, 4) is 0 Å². The van der Waals surface area contributed by atoms with Crippen LogP contribution in [0.2, 0.25) is 0 Å². The molecule has 7 aromatic rings. The third-order valence-corrected chi connectivity index (χ3v) is 8.12. The van der Waals surface area contributed by atoms with Crippen LogP contribution in [0.3, 0.4) is 0 Å². The Morgan fingerprint density at radius 3 is 0.886 bits per heavy atom. The van der Waals surface area contributed by atoms with Gasteiger partial charge in [-0.25, -0.2) is 0 Å². The van der Waals surface area contributed by atoms with E-state index in [1.807, 2.05) is 12.2 Å². The molecule has 0 saturated heterocycles. The maximum Gasteiger partial charge on any atom is 0.0619 e. The number of hydrogen-bond acceptors (Lipinski definition) is 2. The van der Waals surface area contributed by atoms with Gasteiger partial charge in [-0.05, 0) is 59.7 Å². The molecule has 0 atom stereocenters. The number of benzene rings is 7. The molecule has 0 radical (unpaired) electrons. The lowest BCUT2D eigenvalue weighted by molar-refractivity contribution is 1.29. The van der Waals surface area contributed by atoms with Gasteiger partial charge in [0, 0.05) is 44.3 Å². The number of para-hydroxylation sites is 2. The van der Waals surface area contributed by atoms with E-state index in [4.69, 9.17) is 0 Å². The summed E-state index contributed by atoms with van der Waals surface area (Å²) in [6, 6.07) is 56.0. The molecule has 7 aromatic carbocycles. The molecule has 0 unspecified atom stereocenters. The first-order chi connectivity index (χ1) is 21.8. The summed E-state index contributed by atoms with van der Waals surface area (Å²) in [5.74, 6) is 0. The molecule has 44 heavy (non-hydrogen) atoms. The second-order valence-corrected chi connectivity index (χ2v) is 10.7. The highest BCUT2D eigenvalue weighted by molar-refractivity contribution is 6.23. The minimum Gasteiger partial charge on any atom is -0.309 e. The van der Waals surface area contributed by atoms with Crippen molar-refractivity contribution in [3.63, 3.8) is 0 Å². The van der Waals surface area contributed by atoms with Crippen LogP contribution < -0.4 is 9.80 Å². The van der Waals surface area contributed by atoms with Crippen LogP contribution in [0.4, 0.5) is 34.1 Å². The van der Waals surface area contributed by atoms with E-state index in [0.717, 1.165) is 45.3 Å². The van der Waals surface area contributed by atoms with E-state index < -0.39 is 0 Å². The number of hydrogen-bond donors (Lipinski definition) is 0. The van der Waals surface area contributed by atoms with E-state index in [0.29, 0.717) is 0 Å². The Labute approximate surface area is 259 Å². The zero-order chi connectivity index (χ0) is 29.9. The summed E-state index contributed by atoms with van der Waals surface area (Å²) in [6.07, 6.45) is 3.77. The molecule has 0 bridgehead atoms. The predicted octanol–water partition coefficient (Wildman–Crippen LogP) is 12.2. The highest BCUT2D eigenvalue weighted by Gasteiger charge is 2.25. The standard InChI is InChI=1S/C42H32N2/c1-3-31-23-27-35(28-24-31)43(33-15-7-5-8-16-33)41-37-19-11-13-21-39(37)42(40-22-14-12-20-38(40)41)44(34-17-9-6-10-18-34)36-29-25-32(4-2)26-30-36/h3-30H,1-2H2. The molecule has 0 aliphatic carbocycles. The van der Waals surface area contributed by atoms with Crippen molar-refractivity contribution in [2.45, 2.75) is 0 Å². The van der Waals surface area contributed by atoms with E-state index in [1.54, 1.807) is 0 Å². The van der Waals surface area contributed by atoms with Crippen molar-refractivity contribution in [3.05, 3.63) is 182 Å². The van der Waals surface area contributed by atoms with E-state index in [1.165, 1.54) is 21.5 Å². The number of nitrogens with zero attached hydrogens (tertiary/aromatic N) is 2. The highest BCUT2D eigenvalue weighted by atomic mass is 15.2. The van der Waals surface area contributed by atoms with Gasteiger partial charge in [0.2, 0.25) is 0 Å². The summed E-state index contributed by atoms with van der Waals surface area (Å²) in [5.41, 5.74) is 8.85. The van der Waals surface area contributed by atoms with Crippen LogP contribution in [0, 0.1) is 0 Å². The Morgan fingerprint density at radius 1 is 0.318 bits per heavy atom. The number of fused-ring (bicyclic) bond motifs is 2. The molecule has 0 aliphatic rings. The van der Waals surface area contributed by atoms with E-state index in [-0.39, 0.29) is 0 Å². The first-order valence-electron chi connectivity index (χ1n) is 14.9. The lowest BCUT2D eigenvalue weighted by Gasteiger charge is -2.32. The molecular formula is C42H32N2. The molecule has 0 N–H and O–H groups in total. The Morgan fingerprint density at radius 2 is 0.591 bits per heavy atom. The molecular weight excluding hydrogens is 532 g/mol. The minimum atomic E-state index is 1.09. The maximum atomic E-state index is 3.97. The van der Waals surface area contributed by atoms with Gasteiger partial charge < -0.3 is 9.80 Å². The van der Waals surface area contributed by atoms with Crippen LogP contribution in [0.1, 0.15) is 11.1 Å². The van der Waals surface area contributed by atoms with Crippen molar-refractivity contribution in [2.75, 3.05) is 9.80 Å². The largest absolute Gasteiger partial charge is 0.309 e. The van der Waals surface area contributed by atoms with Crippen LogP contribution in [0.5, 0.6) is 0 Å². The molecule has 0 fully saturated rings. The quantitative estimate of drug-likeness (QED) is 0.134. The van der Waals surface area contributed by atoms with Gasteiger partial charge in [0.15, 0.2) is 0 Å². The van der Waals surface area contributed by atoms with Gasteiger partial charge in [-0.2, -0.15) is 0 Å². The zero-order valence-electron chi connectivity index (χ0n) is 24.5. The third kappa shape index (κ3) is 4.83. The summed E-state index contributed by atoms with van der Waals surface area (Å²) in [7, 11) is 0. The smallest absolute Gasteiger partial charge is 0.0619 e. The van der Waals surface area contributed by atoms with Crippen molar-refractivity contribution in [2.24, 2.45) is 0 Å². The van der Waals surface area contributed by atoms with E-state index in [2.05, 4.69) is 181 Å². The van der Waals surface area contributed by atoms with Gasteiger partial charge in [0.05, 0.1) is 11.4 Å². The molecule has 2 nitrogen and oxygen atoms in total. The van der Waals surface area contributed by atoms with Crippen LogP contribution in [-0.4, -0.2) is 0 Å². The fourth-order valence-electron chi connectivity index (χ4n) is 6.05. The average Bonchev–Trinajstić information content (AvgIpc) is 3.11. The van der Waals surface area contributed by atoms with Crippen LogP contribution in [-0.2, 0) is 0 Å². The minimum absolute atomic E-state index is 1.09. The van der Waals surface area contributed by atoms with Gasteiger partial charge in [-0.3, -0.25) is 0 Å². The Balaban J connectivity index is 1.59. The van der Waals surface area contributed by atoms with Crippen molar-refractivity contribution in [1.82, 2.24) is 0 Å². The van der Waals surface area contributed by atoms with Crippen molar-refractivity contribution < 1.29 is 0 Å². The first kappa shape index (κ1) is 27.0. The highest BCUT2D eigenvalue weighted by Crippen LogP contribution is 2.50. The second kappa shape index (κ2) is 11.8. The Bertz CT molecular complexity index is 1870. The summed E-state index contributed by atoms with van der Waals surface area (Å²) >= 11 is 0. The van der Waals surface area contributed by atoms with Gasteiger partial charge in [0.25, 0.3) is 0 Å².